The van der Waals surface area contributed by atoms with E-state index in [0.29, 0.717) is 25.9 Å². The molecule has 4 aliphatic heterocycles. The van der Waals surface area contributed by atoms with Gasteiger partial charge in [0.2, 0.25) is 11.8 Å². The Morgan fingerprint density at radius 2 is 1.97 bits per heavy atom. The van der Waals surface area contributed by atoms with E-state index < -0.39 is 5.60 Å². The Balaban J connectivity index is 1.25. The molecule has 0 aromatic heterocycles. The number of anilines is 2. The number of aliphatic hydroxyl groups excluding tert-OH is 1. The first-order chi connectivity index (χ1) is 17.9. The van der Waals surface area contributed by atoms with Crippen LogP contribution in [-0.4, -0.2) is 59.6 Å². The van der Waals surface area contributed by atoms with Gasteiger partial charge in [-0.15, -0.1) is 0 Å². The Morgan fingerprint density at radius 1 is 1.14 bits per heavy atom. The first-order valence-corrected chi connectivity index (χ1v) is 13.3. The largest absolute Gasteiger partial charge is 0.394 e. The highest BCUT2D eigenvalue weighted by atomic mass is 16.5. The van der Waals surface area contributed by atoms with Crippen LogP contribution >= 0.6 is 0 Å². The normalized spacial score (nSPS) is 28.8. The first kappa shape index (κ1) is 24.1. The molecule has 8 heteroatoms. The van der Waals surface area contributed by atoms with Crippen LogP contribution < -0.4 is 9.80 Å². The summed E-state index contributed by atoms with van der Waals surface area (Å²) in [4.78, 5) is 44.5. The number of β-lactam (4-membered cyclic amide) rings is 1. The third-order valence-electron chi connectivity index (χ3n) is 8.54. The minimum absolute atomic E-state index is 0.0151. The SMILES string of the molecule is C[C@H]1C[C@@H](CC(=O)N2CCC[C@H]2CO)O[C@]12C(=O)N(Cc1cccc(N3CCC3=O)c1)c1ccccc12. The van der Waals surface area contributed by atoms with Crippen LogP contribution in [0.3, 0.4) is 0 Å². The van der Waals surface area contributed by atoms with Crippen LogP contribution in [0.25, 0.3) is 0 Å². The lowest BCUT2D eigenvalue weighted by molar-refractivity contribution is -0.150. The van der Waals surface area contributed by atoms with Crippen molar-refractivity contribution in [1.29, 1.82) is 0 Å². The lowest BCUT2D eigenvalue weighted by atomic mass is 9.83. The molecule has 1 spiro atoms. The Labute approximate surface area is 216 Å². The zero-order valence-corrected chi connectivity index (χ0v) is 21.1. The number of hydrogen-bond donors (Lipinski definition) is 1. The molecule has 3 saturated heterocycles. The van der Waals surface area contributed by atoms with Gasteiger partial charge in [0.05, 0.1) is 37.4 Å². The summed E-state index contributed by atoms with van der Waals surface area (Å²) in [6.07, 6.45) is 2.76. The van der Waals surface area contributed by atoms with Crippen LogP contribution in [0.2, 0.25) is 0 Å². The van der Waals surface area contributed by atoms with E-state index in [4.69, 9.17) is 4.74 Å². The van der Waals surface area contributed by atoms with Crippen LogP contribution in [0, 0.1) is 5.92 Å². The molecule has 194 valence electrons. The monoisotopic (exact) mass is 503 g/mol. The molecule has 1 N–H and O–H groups in total. The van der Waals surface area contributed by atoms with Gasteiger partial charge < -0.3 is 24.5 Å². The summed E-state index contributed by atoms with van der Waals surface area (Å²) in [5.74, 6) is -0.0948. The third kappa shape index (κ3) is 3.85. The van der Waals surface area contributed by atoms with E-state index in [1.807, 2.05) is 55.5 Å². The van der Waals surface area contributed by atoms with Crippen molar-refractivity contribution < 1.29 is 24.2 Å². The number of para-hydroxylation sites is 1. The maximum Gasteiger partial charge on any atom is 0.264 e. The molecule has 2 aromatic carbocycles. The van der Waals surface area contributed by atoms with Gasteiger partial charge in [-0.05, 0) is 43.0 Å². The number of aliphatic hydroxyl groups is 1. The minimum Gasteiger partial charge on any atom is -0.394 e. The smallest absolute Gasteiger partial charge is 0.264 e. The number of carbonyl (C=O) groups excluding carboxylic acids is 3. The van der Waals surface area contributed by atoms with Crippen molar-refractivity contribution in [1.82, 2.24) is 4.90 Å². The van der Waals surface area contributed by atoms with Crippen molar-refractivity contribution in [3.8, 4) is 0 Å². The quantitative estimate of drug-likeness (QED) is 0.613. The summed E-state index contributed by atoms with van der Waals surface area (Å²) in [7, 11) is 0. The van der Waals surface area contributed by atoms with Crippen LogP contribution in [-0.2, 0) is 31.3 Å². The Kier molecular flexibility index (Phi) is 6.04. The zero-order chi connectivity index (χ0) is 25.7. The molecule has 0 bridgehead atoms. The molecule has 0 saturated carbocycles. The molecule has 4 aliphatic rings. The molecule has 2 aromatic rings. The second-order valence-electron chi connectivity index (χ2n) is 10.8. The molecule has 4 atom stereocenters. The van der Waals surface area contributed by atoms with E-state index in [1.54, 1.807) is 14.7 Å². The zero-order valence-electron chi connectivity index (χ0n) is 21.1. The van der Waals surface area contributed by atoms with Crippen LogP contribution in [0.15, 0.2) is 48.5 Å². The van der Waals surface area contributed by atoms with Crippen molar-refractivity contribution in [2.75, 3.05) is 29.5 Å². The van der Waals surface area contributed by atoms with Gasteiger partial charge in [0, 0.05) is 36.7 Å². The van der Waals surface area contributed by atoms with Crippen molar-refractivity contribution in [2.24, 2.45) is 5.92 Å². The Bertz CT molecular complexity index is 1250. The number of ether oxygens (including phenoxy) is 1. The third-order valence-corrected chi connectivity index (χ3v) is 8.54. The number of likely N-dealkylation sites (tertiary alicyclic amines) is 1. The van der Waals surface area contributed by atoms with Gasteiger partial charge in [-0.3, -0.25) is 14.4 Å². The van der Waals surface area contributed by atoms with Crippen LogP contribution in [0.5, 0.6) is 0 Å². The number of fused-ring (bicyclic) bond motifs is 2. The Hall–Kier alpha value is -3.23. The van der Waals surface area contributed by atoms with E-state index >= 15 is 0 Å². The average molecular weight is 504 g/mol. The van der Waals surface area contributed by atoms with Gasteiger partial charge in [0.25, 0.3) is 5.91 Å². The van der Waals surface area contributed by atoms with Gasteiger partial charge >= 0.3 is 0 Å². The highest BCUT2D eigenvalue weighted by Gasteiger charge is 2.60. The van der Waals surface area contributed by atoms with Crippen molar-refractivity contribution in [2.45, 2.75) is 63.3 Å². The standard InChI is InChI=1S/C29H33N3O5/c1-19-14-23(16-27(35)30-12-5-8-22(30)18-33)37-29(19)24-9-2-3-10-25(24)32(28(29)36)17-20-6-4-7-21(15-20)31-13-11-26(31)34/h2-4,6-7,9-10,15,19,22-23,33H,5,8,11-14,16-18H2,1H3/t19-,22-,23-,29+/m0/s1. The van der Waals surface area contributed by atoms with Crippen molar-refractivity contribution in [3.63, 3.8) is 0 Å². The van der Waals surface area contributed by atoms with Gasteiger partial charge in [0.1, 0.15) is 0 Å². The molecular formula is C29H33N3O5. The fraction of sp³-hybridized carbons (Fsp3) is 0.483. The summed E-state index contributed by atoms with van der Waals surface area (Å²) in [5, 5.41) is 9.63. The van der Waals surface area contributed by atoms with Crippen molar-refractivity contribution in [3.05, 3.63) is 59.7 Å². The predicted molar refractivity (Wildman–Crippen MR) is 138 cm³/mol. The number of hydrogen-bond acceptors (Lipinski definition) is 5. The van der Waals surface area contributed by atoms with Crippen LogP contribution in [0.1, 0.15) is 50.2 Å². The molecule has 3 amide bonds. The van der Waals surface area contributed by atoms with Crippen LogP contribution in [0.4, 0.5) is 11.4 Å². The highest BCUT2D eigenvalue weighted by molar-refractivity contribution is 6.07. The summed E-state index contributed by atoms with van der Waals surface area (Å²) < 4.78 is 6.58. The molecule has 3 fully saturated rings. The number of benzene rings is 2. The van der Waals surface area contributed by atoms with E-state index in [2.05, 4.69) is 0 Å². The number of carbonyl (C=O) groups is 3. The van der Waals surface area contributed by atoms with Gasteiger partial charge in [-0.1, -0.05) is 37.3 Å². The molecule has 4 heterocycles. The van der Waals surface area contributed by atoms with Gasteiger partial charge in [0.15, 0.2) is 5.60 Å². The van der Waals surface area contributed by atoms with Gasteiger partial charge in [-0.2, -0.15) is 0 Å². The fourth-order valence-corrected chi connectivity index (χ4v) is 6.57. The number of rotatable bonds is 6. The van der Waals surface area contributed by atoms with E-state index in [1.165, 1.54) is 0 Å². The van der Waals surface area contributed by atoms with Gasteiger partial charge in [-0.25, -0.2) is 0 Å². The maximum atomic E-state index is 14.1. The lowest BCUT2D eigenvalue weighted by Gasteiger charge is -2.31. The molecule has 0 aliphatic carbocycles. The topological polar surface area (TPSA) is 90.4 Å². The second kappa shape index (κ2) is 9.26. The molecule has 0 radical (unpaired) electrons. The summed E-state index contributed by atoms with van der Waals surface area (Å²) in [5.41, 5.74) is 2.37. The molecule has 37 heavy (non-hydrogen) atoms. The summed E-state index contributed by atoms with van der Waals surface area (Å²) >= 11 is 0. The minimum atomic E-state index is -1.12. The summed E-state index contributed by atoms with van der Waals surface area (Å²) in [6, 6.07) is 15.5. The molecular weight excluding hydrogens is 470 g/mol. The predicted octanol–water partition coefficient (Wildman–Crippen LogP) is 2.96. The first-order valence-electron chi connectivity index (χ1n) is 13.3. The number of nitrogens with zero attached hydrogens (tertiary/aromatic N) is 3. The maximum absolute atomic E-state index is 14.1. The lowest BCUT2D eigenvalue weighted by Crippen LogP contribution is -2.44. The fourth-order valence-electron chi connectivity index (χ4n) is 6.57. The Morgan fingerprint density at radius 3 is 2.73 bits per heavy atom. The highest BCUT2D eigenvalue weighted by Crippen LogP contribution is 2.53. The number of amides is 3. The molecule has 0 unspecified atom stereocenters. The van der Waals surface area contributed by atoms with E-state index in [0.717, 1.165) is 41.9 Å². The summed E-state index contributed by atoms with van der Waals surface area (Å²) in [6.45, 7) is 3.77. The van der Waals surface area contributed by atoms with E-state index in [-0.39, 0.29) is 48.8 Å². The molecule has 6 rings (SSSR count). The second-order valence-corrected chi connectivity index (χ2v) is 10.8. The average Bonchev–Trinajstić information content (AvgIpc) is 3.56. The molecule has 8 nitrogen and oxygen atoms in total. The van der Waals surface area contributed by atoms with E-state index in [9.17, 15) is 19.5 Å². The van der Waals surface area contributed by atoms with Crippen molar-refractivity contribution >= 4 is 29.1 Å².